The van der Waals surface area contributed by atoms with Crippen molar-refractivity contribution in [3.63, 3.8) is 0 Å². The van der Waals surface area contributed by atoms with E-state index in [0.29, 0.717) is 0 Å². The first-order chi connectivity index (χ1) is 12.3. The van der Waals surface area contributed by atoms with Gasteiger partial charge in [0, 0.05) is 6.42 Å². The maximum absolute atomic E-state index is 13.5. The lowest BCUT2D eigenvalue weighted by Crippen LogP contribution is -2.27. The highest BCUT2D eigenvalue weighted by molar-refractivity contribution is 5.92. The van der Waals surface area contributed by atoms with E-state index in [-0.39, 0.29) is 41.4 Å². The van der Waals surface area contributed by atoms with Crippen molar-refractivity contribution in [2.24, 2.45) is 5.73 Å². The topological polar surface area (TPSA) is 85.3 Å². The van der Waals surface area contributed by atoms with Crippen molar-refractivity contribution in [3.8, 4) is 6.07 Å². The van der Waals surface area contributed by atoms with Crippen LogP contribution in [0.15, 0.2) is 47.1 Å². The van der Waals surface area contributed by atoms with Crippen LogP contribution >= 0.6 is 0 Å². The molecule has 1 aliphatic rings. The molecule has 5 nitrogen and oxygen atoms in total. The summed E-state index contributed by atoms with van der Waals surface area (Å²) in [4.78, 5) is 12.5. The number of nitriles is 1. The second-order valence-corrected chi connectivity index (χ2v) is 5.42. The monoisotopic (exact) mass is 366 g/mol. The van der Waals surface area contributed by atoms with Gasteiger partial charge in [0.2, 0.25) is 5.88 Å². The van der Waals surface area contributed by atoms with Crippen molar-refractivity contribution in [2.45, 2.75) is 32.4 Å². The number of benzene rings is 1. The Morgan fingerprint density at radius 3 is 2.54 bits per heavy atom. The molecule has 0 aliphatic carbocycles. The summed E-state index contributed by atoms with van der Waals surface area (Å²) >= 11 is 0. The van der Waals surface area contributed by atoms with Crippen LogP contribution in [0.2, 0.25) is 0 Å². The molecule has 2 rings (SSSR count). The summed E-state index contributed by atoms with van der Waals surface area (Å²) in [6.07, 6.45) is -4.48. The third kappa shape index (κ3) is 3.52. The molecule has 26 heavy (non-hydrogen) atoms. The molecule has 0 spiro atoms. The van der Waals surface area contributed by atoms with Crippen LogP contribution < -0.4 is 5.73 Å². The summed E-state index contributed by atoms with van der Waals surface area (Å²) in [5.41, 5.74) is 4.14. The highest BCUT2D eigenvalue weighted by Crippen LogP contribution is 2.45. The molecule has 0 fully saturated rings. The largest absolute Gasteiger partial charge is 0.463 e. The minimum Gasteiger partial charge on any atom is -0.463 e. The minimum atomic E-state index is -4.67. The molecular formula is C18H17F3N2O3. The van der Waals surface area contributed by atoms with E-state index in [4.69, 9.17) is 15.2 Å². The van der Waals surface area contributed by atoms with E-state index < -0.39 is 23.6 Å². The predicted molar refractivity (Wildman–Crippen MR) is 86.0 cm³/mol. The number of allylic oxidation sites excluding steroid dienone is 2. The lowest BCUT2D eigenvalue weighted by molar-refractivity contribution is -0.140. The van der Waals surface area contributed by atoms with Crippen LogP contribution in [0.3, 0.4) is 0 Å². The average molecular weight is 366 g/mol. The molecule has 1 unspecified atom stereocenters. The van der Waals surface area contributed by atoms with E-state index in [1.165, 1.54) is 18.2 Å². The van der Waals surface area contributed by atoms with Crippen LogP contribution in [0, 0.1) is 11.3 Å². The quantitative estimate of drug-likeness (QED) is 0.821. The number of carbonyl (C=O) groups excluding carboxylic acids is 1. The summed E-state index contributed by atoms with van der Waals surface area (Å²) < 4.78 is 50.8. The fourth-order valence-electron chi connectivity index (χ4n) is 2.83. The summed E-state index contributed by atoms with van der Waals surface area (Å²) in [6, 6.07) is 6.52. The average Bonchev–Trinajstić information content (AvgIpc) is 2.60. The number of rotatable bonds is 4. The van der Waals surface area contributed by atoms with Crippen LogP contribution in [-0.2, 0) is 20.4 Å². The Balaban J connectivity index is 2.79. The van der Waals surface area contributed by atoms with Gasteiger partial charge in [-0.3, -0.25) is 0 Å². The van der Waals surface area contributed by atoms with Gasteiger partial charge in [0.15, 0.2) is 0 Å². The molecule has 8 heteroatoms. The molecule has 1 aromatic carbocycles. The van der Waals surface area contributed by atoms with E-state index >= 15 is 0 Å². The molecule has 0 saturated carbocycles. The van der Waals surface area contributed by atoms with Crippen molar-refractivity contribution < 1.29 is 27.4 Å². The molecule has 0 amide bonds. The zero-order chi connectivity index (χ0) is 19.5. The highest BCUT2D eigenvalue weighted by atomic mass is 19.4. The SMILES string of the molecule is CCOC(=O)C1=C(CC)OC(N)=C(C#N)C1c1ccccc1C(F)(F)F. The van der Waals surface area contributed by atoms with Crippen molar-refractivity contribution in [1.82, 2.24) is 0 Å². The fraction of sp³-hybridized carbons (Fsp3) is 0.333. The predicted octanol–water partition coefficient (Wildman–Crippen LogP) is 3.74. The van der Waals surface area contributed by atoms with E-state index in [2.05, 4.69) is 0 Å². The fourth-order valence-corrected chi connectivity index (χ4v) is 2.83. The zero-order valence-electron chi connectivity index (χ0n) is 14.2. The molecule has 1 heterocycles. The number of nitrogens with zero attached hydrogens (tertiary/aromatic N) is 1. The Labute approximate surface area is 148 Å². The number of ether oxygens (including phenoxy) is 2. The van der Waals surface area contributed by atoms with Crippen molar-refractivity contribution in [2.75, 3.05) is 6.61 Å². The number of alkyl halides is 3. The number of hydrogen-bond donors (Lipinski definition) is 1. The Bertz CT molecular complexity index is 820. The van der Waals surface area contributed by atoms with Crippen molar-refractivity contribution in [1.29, 1.82) is 5.26 Å². The third-order valence-electron chi connectivity index (χ3n) is 3.89. The van der Waals surface area contributed by atoms with E-state index in [9.17, 15) is 23.2 Å². The van der Waals surface area contributed by atoms with Gasteiger partial charge >= 0.3 is 12.1 Å². The van der Waals surface area contributed by atoms with Crippen LogP contribution in [0.4, 0.5) is 13.2 Å². The van der Waals surface area contributed by atoms with Gasteiger partial charge in [-0.25, -0.2) is 4.79 Å². The van der Waals surface area contributed by atoms with Gasteiger partial charge in [0.05, 0.1) is 23.7 Å². The maximum Gasteiger partial charge on any atom is 0.416 e. The second kappa shape index (κ2) is 7.52. The minimum absolute atomic E-state index is 0.0219. The van der Waals surface area contributed by atoms with Crippen LogP contribution in [-0.4, -0.2) is 12.6 Å². The first kappa shape index (κ1) is 19.4. The smallest absolute Gasteiger partial charge is 0.416 e. The van der Waals surface area contributed by atoms with Crippen LogP contribution in [0.1, 0.15) is 37.3 Å². The number of esters is 1. The molecule has 0 aromatic heterocycles. The first-order valence-electron chi connectivity index (χ1n) is 7.90. The summed E-state index contributed by atoms with van der Waals surface area (Å²) in [5.74, 6) is -2.39. The molecule has 138 valence electrons. The molecule has 2 N–H and O–H groups in total. The lowest BCUT2D eigenvalue weighted by atomic mass is 9.80. The molecule has 1 atom stereocenters. The summed E-state index contributed by atoms with van der Waals surface area (Å²) in [6.45, 7) is 3.25. The molecular weight excluding hydrogens is 349 g/mol. The second-order valence-electron chi connectivity index (χ2n) is 5.42. The molecule has 0 radical (unpaired) electrons. The standard InChI is InChI=1S/C18H17F3N2O3/c1-3-13-15(17(24)25-4-2)14(11(9-22)16(23)26-13)10-7-5-6-8-12(10)18(19,20)21/h5-8,14H,3-4,23H2,1-2H3. The Kier molecular flexibility index (Phi) is 5.60. The zero-order valence-corrected chi connectivity index (χ0v) is 14.2. The number of hydrogen-bond acceptors (Lipinski definition) is 5. The van der Waals surface area contributed by atoms with Crippen molar-refractivity contribution in [3.05, 3.63) is 58.2 Å². The Hall–Kier alpha value is -2.95. The molecule has 1 aromatic rings. The number of halogens is 3. The van der Waals surface area contributed by atoms with Crippen molar-refractivity contribution >= 4 is 5.97 Å². The van der Waals surface area contributed by atoms with Gasteiger partial charge in [0.1, 0.15) is 17.4 Å². The van der Waals surface area contributed by atoms with Gasteiger partial charge in [0.25, 0.3) is 0 Å². The molecule has 0 saturated heterocycles. The maximum atomic E-state index is 13.5. The molecule has 0 bridgehead atoms. The number of carbonyl (C=O) groups is 1. The van der Waals surface area contributed by atoms with E-state index in [1.54, 1.807) is 19.9 Å². The van der Waals surface area contributed by atoms with Gasteiger partial charge in [-0.1, -0.05) is 25.1 Å². The lowest BCUT2D eigenvalue weighted by Gasteiger charge is -2.29. The highest BCUT2D eigenvalue weighted by Gasteiger charge is 2.42. The Morgan fingerprint density at radius 1 is 1.35 bits per heavy atom. The Morgan fingerprint density at radius 2 is 2.00 bits per heavy atom. The van der Waals surface area contributed by atoms with Gasteiger partial charge < -0.3 is 15.2 Å². The molecule has 1 aliphatic heterocycles. The third-order valence-corrected chi connectivity index (χ3v) is 3.89. The van der Waals surface area contributed by atoms with Gasteiger partial charge in [-0.2, -0.15) is 18.4 Å². The van der Waals surface area contributed by atoms with E-state index in [1.807, 2.05) is 0 Å². The van der Waals surface area contributed by atoms with Crippen LogP contribution in [0.5, 0.6) is 0 Å². The normalized spacial score (nSPS) is 17.6. The van der Waals surface area contributed by atoms with Gasteiger partial charge in [-0.15, -0.1) is 0 Å². The van der Waals surface area contributed by atoms with E-state index in [0.717, 1.165) is 6.07 Å². The summed E-state index contributed by atoms with van der Waals surface area (Å²) in [5, 5.41) is 9.45. The van der Waals surface area contributed by atoms with Crippen LogP contribution in [0.25, 0.3) is 0 Å². The van der Waals surface area contributed by atoms with Gasteiger partial charge in [-0.05, 0) is 18.6 Å². The summed E-state index contributed by atoms with van der Waals surface area (Å²) in [7, 11) is 0. The number of nitrogens with two attached hydrogens (primary N) is 1. The first-order valence-corrected chi connectivity index (χ1v) is 7.90.